The Bertz CT molecular complexity index is 1490. The average Bonchev–Trinajstić information content (AvgIpc) is 2.87. The molecular formula is C32H26O. The molecule has 5 aromatic carbocycles. The number of benzene rings is 5. The summed E-state index contributed by atoms with van der Waals surface area (Å²) in [5.74, 6) is 0.0943. The number of hydrogen-bond donors (Lipinski definition) is 1. The SMILES string of the molecule is OC1C=Cc2ccc(-c3ccc4ccccc4c3)cc2C1CCc1ccc2ccccc2c1. The van der Waals surface area contributed by atoms with Crippen LogP contribution in [0.2, 0.25) is 0 Å². The molecule has 0 heterocycles. The summed E-state index contributed by atoms with van der Waals surface area (Å²) in [4.78, 5) is 0. The van der Waals surface area contributed by atoms with E-state index in [1.165, 1.54) is 49.4 Å². The van der Waals surface area contributed by atoms with Gasteiger partial charge in [-0.25, -0.2) is 0 Å². The number of aryl methyl sites for hydroxylation is 1. The van der Waals surface area contributed by atoms with Gasteiger partial charge in [0.15, 0.2) is 0 Å². The number of fused-ring (bicyclic) bond motifs is 3. The topological polar surface area (TPSA) is 20.2 Å². The summed E-state index contributed by atoms with van der Waals surface area (Å²) in [5, 5.41) is 15.9. The quantitative estimate of drug-likeness (QED) is 0.311. The molecule has 0 spiro atoms. The van der Waals surface area contributed by atoms with Crippen molar-refractivity contribution < 1.29 is 5.11 Å². The van der Waals surface area contributed by atoms with E-state index in [1.54, 1.807) is 0 Å². The molecule has 1 aliphatic rings. The second kappa shape index (κ2) is 8.35. The molecule has 1 aliphatic carbocycles. The van der Waals surface area contributed by atoms with Crippen LogP contribution in [-0.2, 0) is 6.42 Å². The lowest BCUT2D eigenvalue weighted by Crippen LogP contribution is -2.20. The van der Waals surface area contributed by atoms with Crippen molar-refractivity contribution in [2.75, 3.05) is 0 Å². The van der Waals surface area contributed by atoms with Gasteiger partial charge in [0.25, 0.3) is 0 Å². The Labute approximate surface area is 194 Å². The van der Waals surface area contributed by atoms with Crippen LogP contribution in [0.25, 0.3) is 38.7 Å². The van der Waals surface area contributed by atoms with E-state index < -0.39 is 6.10 Å². The third kappa shape index (κ3) is 3.86. The molecule has 6 rings (SSSR count). The van der Waals surface area contributed by atoms with E-state index in [0.717, 1.165) is 12.8 Å². The van der Waals surface area contributed by atoms with Crippen LogP contribution in [0.5, 0.6) is 0 Å². The van der Waals surface area contributed by atoms with Gasteiger partial charge in [-0.05, 0) is 68.3 Å². The fourth-order valence-electron chi connectivity index (χ4n) is 5.16. The predicted molar refractivity (Wildman–Crippen MR) is 139 cm³/mol. The first-order chi connectivity index (χ1) is 16.2. The number of hydrogen-bond acceptors (Lipinski definition) is 1. The van der Waals surface area contributed by atoms with Crippen LogP contribution in [0.4, 0.5) is 0 Å². The first kappa shape index (κ1) is 20.0. The molecule has 2 unspecified atom stereocenters. The minimum atomic E-state index is -0.454. The smallest absolute Gasteiger partial charge is 0.0792 e. The fraction of sp³-hybridized carbons (Fsp3) is 0.125. The van der Waals surface area contributed by atoms with E-state index in [2.05, 4.69) is 109 Å². The largest absolute Gasteiger partial charge is 0.388 e. The standard InChI is InChI=1S/C32H26O/c33-32-18-16-25-13-15-29(28-14-12-24-6-2-4-8-27(24)20-28)21-31(25)30(32)17-10-22-9-11-23-5-1-3-7-26(23)19-22/h1-9,11-16,18-21,30,32-33H,10,17H2. The van der Waals surface area contributed by atoms with E-state index >= 15 is 0 Å². The maximum absolute atomic E-state index is 10.9. The van der Waals surface area contributed by atoms with Crippen LogP contribution in [0.1, 0.15) is 29.0 Å². The number of aliphatic hydroxyl groups is 1. The van der Waals surface area contributed by atoms with E-state index in [-0.39, 0.29) is 5.92 Å². The van der Waals surface area contributed by atoms with Crippen molar-refractivity contribution in [3.05, 3.63) is 126 Å². The van der Waals surface area contributed by atoms with Gasteiger partial charge in [-0.15, -0.1) is 0 Å². The normalized spacial score (nSPS) is 17.4. The zero-order chi connectivity index (χ0) is 22.2. The Morgan fingerprint density at radius 1 is 0.606 bits per heavy atom. The molecule has 5 aromatic rings. The number of aliphatic hydroxyl groups excluding tert-OH is 1. The van der Waals surface area contributed by atoms with Gasteiger partial charge in [0.2, 0.25) is 0 Å². The highest BCUT2D eigenvalue weighted by atomic mass is 16.3. The monoisotopic (exact) mass is 426 g/mol. The highest BCUT2D eigenvalue weighted by molar-refractivity contribution is 5.87. The van der Waals surface area contributed by atoms with Gasteiger partial charge in [-0.1, -0.05) is 109 Å². The van der Waals surface area contributed by atoms with Crippen molar-refractivity contribution >= 4 is 27.6 Å². The molecule has 0 fully saturated rings. The van der Waals surface area contributed by atoms with Crippen molar-refractivity contribution in [1.82, 2.24) is 0 Å². The van der Waals surface area contributed by atoms with Crippen LogP contribution in [0.15, 0.2) is 109 Å². The van der Waals surface area contributed by atoms with E-state index in [4.69, 9.17) is 0 Å². The molecule has 160 valence electrons. The van der Waals surface area contributed by atoms with E-state index in [0.29, 0.717) is 0 Å². The summed E-state index contributed by atoms with van der Waals surface area (Å²) < 4.78 is 0. The van der Waals surface area contributed by atoms with Gasteiger partial charge < -0.3 is 5.11 Å². The van der Waals surface area contributed by atoms with Crippen LogP contribution >= 0.6 is 0 Å². The minimum Gasteiger partial charge on any atom is -0.388 e. The summed E-state index contributed by atoms with van der Waals surface area (Å²) >= 11 is 0. The second-order valence-electron chi connectivity index (χ2n) is 9.08. The Balaban J connectivity index is 1.31. The van der Waals surface area contributed by atoms with Gasteiger partial charge in [0.1, 0.15) is 0 Å². The van der Waals surface area contributed by atoms with Gasteiger partial charge >= 0.3 is 0 Å². The minimum absolute atomic E-state index is 0.0943. The molecule has 0 saturated carbocycles. The molecule has 0 radical (unpaired) electrons. The predicted octanol–water partition coefficient (Wildman–Crippen LogP) is 7.76. The summed E-state index contributed by atoms with van der Waals surface area (Å²) in [6.07, 6.45) is 5.42. The molecule has 33 heavy (non-hydrogen) atoms. The lowest BCUT2D eigenvalue weighted by molar-refractivity contribution is 0.184. The lowest BCUT2D eigenvalue weighted by atomic mass is 9.80. The summed E-state index contributed by atoms with van der Waals surface area (Å²) in [6, 6.07) is 37.0. The van der Waals surface area contributed by atoms with Crippen LogP contribution in [0.3, 0.4) is 0 Å². The zero-order valence-corrected chi connectivity index (χ0v) is 18.5. The molecule has 0 saturated heterocycles. The maximum Gasteiger partial charge on any atom is 0.0792 e. The molecule has 1 nitrogen and oxygen atoms in total. The molecule has 1 heteroatoms. The van der Waals surface area contributed by atoms with Gasteiger partial charge in [-0.3, -0.25) is 0 Å². The van der Waals surface area contributed by atoms with Crippen LogP contribution in [0, 0.1) is 0 Å². The molecule has 0 bridgehead atoms. The third-order valence-electron chi connectivity index (χ3n) is 7.01. The summed E-state index contributed by atoms with van der Waals surface area (Å²) in [7, 11) is 0. The van der Waals surface area contributed by atoms with Crippen molar-refractivity contribution in [1.29, 1.82) is 0 Å². The van der Waals surface area contributed by atoms with Crippen LogP contribution < -0.4 is 0 Å². The van der Waals surface area contributed by atoms with Crippen LogP contribution in [-0.4, -0.2) is 11.2 Å². The Morgan fingerprint density at radius 2 is 1.24 bits per heavy atom. The molecule has 0 amide bonds. The zero-order valence-electron chi connectivity index (χ0n) is 18.5. The third-order valence-corrected chi connectivity index (χ3v) is 7.01. The van der Waals surface area contributed by atoms with Gasteiger partial charge in [0.05, 0.1) is 6.10 Å². The summed E-state index contributed by atoms with van der Waals surface area (Å²) in [6.45, 7) is 0. The maximum atomic E-state index is 10.9. The summed E-state index contributed by atoms with van der Waals surface area (Å²) in [5.41, 5.74) is 6.21. The Kier molecular flexibility index (Phi) is 5.05. The van der Waals surface area contributed by atoms with Crippen molar-refractivity contribution in [2.45, 2.75) is 24.9 Å². The molecule has 1 N–H and O–H groups in total. The highest BCUT2D eigenvalue weighted by Gasteiger charge is 2.25. The number of rotatable bonds is 4. The molecule has 2 atom stereocenters. The second-order valence-corrected chi connectivity index (χ2v) is 9.08. The average molecular weight is 427 g/mol. The molecule has 0 aliphatic heterocycles. The van der Waals surface area contributed by atoms with Gasteiger partial charge in [-0.2, -0.15) is 0 Å². The first-order valence-electron chi connectivity index (χ1n) is 11.7. The Hall–Kier alpha value is -3.68. The van der Waals surface area contributed by atoms with Crippen molar-refractivity contribution in [2.24, 2.45) is 0 Å². The van der Waals surface area contributed by atoms with E-state index in [9.17, 15) is 5.11 Å². The fourth-order valence-corrected chi connectivity index (χ4v) is 5.16. The van der Waals surface area contributed by atoms with E-state index in [1.807, 2.05) is 6.08 Å². The molecular weight excluding hydrogens is 400 g/mol. The Morgan fingerprint density at radius 3 is 2.03 bits per heavy atom. The lowest BCUT2D eigenvalue weighted by Gasteiger charge is -2.27. The first-order valence-corrected chi connectivity index (χ1v) is 11.7. The van der Waals surface area contributed by atoms with Crippen molar-refractivity contribution in [3.8, 4) is 11.1 Å². The highest BCUT2D eigenvalue weighted by Crippen LogP contribution is 2.37. The molecule has 0 aromatic heterocycles. The van der Waals surface area contributed by atoms with Crippen molar-refractivity contribution in [3.63, 3.8) is 0 Å². The van der Waals surface area contributed by atoms with Gasteiger partial charge in [0, 0.05) is 5.92 Å².